The first kappa shape index (κ1) is 10.7. The van der Waals surface area contributed by atoms with Crippen LogP contribution in [0.25, 0.3) is 10.9 Å². The van der Waals surface area contributed by atoms with Crippen LogP contribution >= 0.6 is 11.6 Å². The number of hydrogen-bond donors (Lipinski definition) is 1. The summed E-state index contributed by atoms with van der Waals surface area (Å²) in [6.07, 6.45) is 1.80. The SMILES string of the molecule is N[C@H]1CCCn2c1nc1cc(Cl)ccc1c2=O. The summed E-state index contributed by atoms with van der Waals surface area (Å²) in [5, 5.41) is 1.19. The molecule has 2 N–H and O–H groups in total. The smallest absolute Gasteiger partial charge is 0.261 e. The molecule has 0 saturated carbocycles. The number of benzene rings is 1. The second-order valence-corrected chi connectivity index (χ2v) is 4.77. The molecule has 0 radical (unpaired) electrons. The fourth-order valence-electron chi connectivity index (χ4n) is 2.31. The average Bonchev–Trinajstić information content (AvgIpc) is 2.30. The van der Waals surface area contributed by atoms with Gasteiger partial charge in [0, 0.05) is 11.6 Å². The van der Waals surface area contributed by atoms with E-state index in [-0.39, 0.29) is 11.6 Å². The van der Waals surface area contributed by atoms with Crippen LogP contribution < -0.4 is 11.3 Å². The molecule has 2 heterocycles. The lowest BCUT2D eigenvalue weighted by Gasteiger charge is -2.23. The minimum absolute atomic E-state index is 0.0168. The predicted octanol–water partition coefficient (Wildman–Crippen LogP) is 1.84. The summed E-state index contributed by atoms with van der Waals surface area (Å²) in [5.74, 6) is 0.677. The van der Waals surface area contributed by atoms with Gasteiger partial charge >= 0.3 is 0 Å². The lowest BCUT2D eigenvalue weighted by atomic mass is 10.1. The normalized spacial score (nSPS) is 19.3. The van der Waals surface area contributed by atoms with Gasteiger partial charge in [-0.3, -0.25) is 9.36 Å². The van der Waals surface area contributed by atoms with Gasteiger partial charge in [0.15, 0.2) is 0 Å². The van der Waals surface area contributed by atoms with Crippen molar-refractivity contribution >= 4 is 22.5 Å². The number of halogens is 1. The molecule has 1 aromatic carbocycles. The van der Waals surface area contributed by atoms with E-state index in [0.717, 1.165) is 12.8 Å². The quantitative estimate of drug-likeness (QED) is 0.775. The zero-order chi connectivity index (χ0) is 12.0. The van der Waals surface area contributed by atoms with Gasteiger partial charge < -0.3 is 5.73 Å². The minimum Gasteiger partial charge on any atom is -0.321 e. The molecule has 5 heteroatoms. The highest BCUT2D eigenvalue weighted by Gasteiger charge is 2.20. The Labute approximate surface area is 103 Å². The lowest BCUT2D eigenvalue weighted by Crippen LogP contribution is -2.33. The molecule has 1 atom stereocenters. The lowest BCUT2D eigenvalue weighted by molar-refractivity contribution is 0.435. The van der Waals surface area contributed by atoms with E-state index < -0.39 is 0 Å². The minimum atomic E-state index is -0.153. The molecule has 0 spiro atoms. The van der Waals surface area contributed by atoms with Crippen LogP contribution in [0.4, 0.5) is 0 Å². The highest BCUT2D eigenvalue weighted by atomic mass is 35.5. The molecule has 0 saturated heterocycles. The van der Waals surface area contributed by atoms with Crippen LogP contribution in [0.1, 0.15) is 24.7 Å². The van der Waals surface area contributed by atoms with Crippen LogP contribution in [0, 0.1) is 0 Å². The van der Waals surface area contributed by atoms with E-state index in [2.05, 4.69) is 4.98 Å². The standard InChI is InChI=1S/C12H12ClN3O/c13-7-3-4-8-10(6-7)15-11-9(14)2-1-5-16(11)12(8)17/h3-4,6,9H,1-2,5,14H2/t9-/m0/s1. The predicted molar refractivity (Wildman–Crippen MR) is 67.2 cm³/mol. The summed E-state index contributed by atoms with van der Waals surface area (Å²) < 4.78 is 1.68. The Bertz CT molecular complexity index is 650. The fourth-order valence-corrected chi connectivity index (χ4v) is 2.48. The van der Waals surface area contributed by atoms with E-state index in [1.807, 2.05) is 0 Å². The zero-order valence-corrected chi connectivity index (χ0v) is 9.94. The summed E-state index contributed by atoms with van der Waals surface area (Å²) in [6.45, 7) is 0.702. The maximum atomic E-state index is 12.3. The van der Waals surface area contributed by atoms with Crippen LogP contribution in [0.5, 0.6) is 0 Å². The highest BCUT2D eigenvalue weighted by molar-refractivity contribution is 6.31. The van der Waals surface area contributed by atoms with Crippen molar-refractivity contribution in [3.63, 3.8) is 0 Å². The molecule has 0 bridgehead atoms. The van der Waals surface area contributed by atoms with E-state index in [1.165, 1.54) is 0 Å². The summed E-state index contributed by atoms with van der Waals surface area (Å²) in [4.78, 5) is 16.7. The molecule has 17 heavy (non-hydrogen) atoms. The second kappa shape index (κ2) is 3.82. The molecule has 3 rings (SSSR count). The van der Waals surface area contributed by atoms with Crippen LogP contribution in [0.2, 0.25) is 5.02 Å². The van der Waals surface area contributed by atoms with Crippen LogP contribution in [0.15, 0.2) is 23.0 Å². The Morgan fingerprint density at radius 1 is 1.47 bits per heavy atom. The van der Waals surface area contributed by atoms with Crippen molar-refractivity contribution in [1.82, 2.24) is 9.55 Å². The number of hydrogen-bond acceptors (Lipinski definition) is 3. The molecule has 0 aliphatic carbocycles. The van der Waals surface area contributed by atoms with Crippen molar-refractivity contribution in [2.75, 3.05) is 0 Å². The maximum Gasteiger partial charge on any atom is 0.261 e. The van der Waals surface area contributed by atoms with Crippen LogP contribution in [0.3, 0.4) is 0 Å². The van der Waals surface area contributed by atoms with E-state index >= 15 is 0 Å². The number of nitrogens with two attached hydrogens (primary N) is 1. The van der Waals surface area contributed by atoms with Crippen molar-refractivity contribution in [3.8, 4) is 0 Å². The summed E-state index contributed by atoms with van der Waals surface area (Å²) in [7, 11) is 0. The zero-order valence-electron chi connectivity index (χ0n) is 9.19. The molecular weight excluding hydrogens is 238 g/mol. The fraction of sp³-hybridized carbons (Fsp3) is 0.333. The third kappa shape index (κ3) is 1.64. The van der Waals surface area contributed by atoms with Gasteiger partial charge in [0.25, 0.3) is 5.56 Å². The third-order valence-corrected chi connectivity index (χ3v) is 3.41. The van der Waals surface area contributed by atoms with Gasteiger partial charge in [0.1, 0.15) is 5.82 Å². The Morgan fingerprint density at radius 3 is 3.12 bits per heavy atom. The Kier molecular flexibility index (Phi) is 2.42. The van der Waals surface area contributed by atoms with Crippen LogP contribution in [-0.4, -0.2) is 9.55 Å². The van der Waals surface area contributed by atoms with Crippen molar-refractivity contribution in [2.45, 2.75) is 25.4 Å². The van der Waals surface area contributed by atoms with Gasteiger partial charge in [-0.15, -0.1) is 0 Å². The molecular formula is C12H12ClN3O. The molecule has 0 unspecified atom stereocenters. The topological polar surface area (TPSA) is 60.9 Å². The van der Waals surface area contributed by atoms with Gasteiger partial charge in [0.05, 0.1) is 16.9 Å². The molecule has 4 nitrogen and oxygen atoms in total. The maximum absolute atomic E-state index is 12.3. The summed E-state index contributed by atoms with van der Waals surface area (Å²) in [6, 6.07) is 4.99. The van der Waals surface area contributed by atoms with E-state index in [4.69, 9.17) is 17.3 Å². The summed E-state index contributed by atoms with van der Waals surface area (Å²) >= 11 is 5.91. The third-order valence-electron chi connectivity index (χ3n) is 3.18. The van der Waals surface area contributed by atoms with Crippen molar-refractivity contribution in [1.29, 1.82) is 0 Å². The van der Waals surface area contributed by atoms with Gasteiger partial charge in [-0.1, -0.05) is 11.6 Å². The molecule has 0 amide bonds. The van der Waals surface area contributed by atoms with Gasteiger partial charge in [-0.2, -0.15) is 0 Å². The van der Waals surface area contributed by atoms with Gasteiger partial charge in [-0.25, -0.2) is 4.98 Å². The largest absolute Gasteiger partial charge is 0.321 e. The van der Waals surface area contributed by atoms with Crippen molar-refractivity contribution in [2.24, 2.45) is 5.73 Å². The Hall–Kier alpha value is -1.39. The first-order valence-corrected chi connectivity index (χ1v) is 6.00. The molecule has 1 aliphatic heterocycles. The molecule has 1 aromatic heterocycles. The van der Waals surface area contributed by atoms with Gasteiger partial charge in [-0.05, 0) is 31.0 Å². The first-order chi connectivity index (χ1) is 8.16. The second-order valence-electron chi connectivity index (χ2n) is 4.34. The van der Waals surface area contributed by atoms with Crippen molar-refractivity contribution < 1.29 is 0 Å². The molecule has 0 fully saturated rings. The molecule has 1 aliphatic rings. The molecule has 88 valence electrons. The van der Waals surface area contributed by atoms with Crippen molar-refractivity contribution in [3.05, 3.63) is 39.4 Å². The number of rotatable bonds is 0. The Morgan fingerprint density at radius 2 is 2.29 bits per heavy atom. The average molecular weight is 250 g/mol. The van der Waals surface area contributed by atoms with Crippen LogP contribution in [-0.2, 0) is 6.54 Å². The van der Waals surface area contributed by atoms with Gasteiger partial charge in [0.2, 0.25) is 0 Å². The first-order valence-electron chi connectivity index (χ1n) is 5.62. The van der Waals surface area contributed by atoms with E-state index in [9.17, 15) is 4.79 Å². The monoisotopic (exact) mass is 249 g/mol. The molecule has 2 aromatic rings. The number of nitrogens with zero attached hydrogens (tertiary/aromatic N) is 2. The highest BCUT2D eigenvalue weighted by Crippen LogP contribution is 2.22. The number of aromatic nitrogens is 2. The van der Waals surface area contributed by atoms with E-state index in [0.29, 0.717) is 28.3 Å². The number of fused-ring (bicyclic) bond motifs is 2. The van der Waals surface area contributed by atoms with E-state index in [1.54, 1.807) is 22.8 Å². The summed E-state index contributed by atoms with van der Waals surface area (Å²) in [5.41, 5.74) is 6.60. The Balaban J connectivity index is 2.39.